The van der Waals surface area contributed by atoms with Gasteiger partial charge in [-0.25, -0.2) is 0 Å². The van der Waals surface area contributed by atoms with E-state index in [1.54, 1.807) is 6.08 Å². The Morgan fingerprint density at radius 3 is 2.47 bits per heavy atom. The summed E-state index contributed by atoms with van der Waals surface area (Å²) in [5.74, 6) is -0.372. The lowest BCUT2D eigenvalue weighted by atomic mass is 10.0. The van der Waals surface area contributed by atoms with Crippen molar-refractivity contribution in [2.24, 2.45) is 0 Å². The van der Waals surface area contributed by atoms with Gasteiger partial charge in [-0.05, 0) is 46.5 Å². The van der Waals surface area contributed by atoms with E-state index in [4.69, 9.17) is 14.7 Å². The zero-order valence-electron chi connectivity index (χ0n) is 12.4. The van der Waals surface area contributed by atoms with Crippen LogP contribution in [0.1, 0.15) is 52.9 Å². The predicted molar refractivity (Wildman–Crippen MR) is 76.5 cm³/mol. The minimum absolute atomic E-state index is 0.372. The van der Waals surface area contributed by atoms with Gasteiger partial charge in [-0.1, -0.05) is 17.2 Å². The molecule has 1 aliphatic heterocycles. The molecule has 0 saturated carbocycles. The lowest BCUT2D eigenvalue weighted by Crippen LogP contribution is -2.24. The summed E-state index contributed by atoms with van der Waals surface area (Å²) < 4.78 is 11.1. The average Bonchev–Trinajstić information content (AvgIpc) is 2.76. The summed E-state index contributed by atoms with van der Waals surface area (Å²) in [6.45, 7) is 7.62. The predicted octanol–water partition coefficient (Wildman–Crippen LogP) is 4.12. The van der Waals surface area contributed by atoms with Crippen LogP contribution in [0.4, 0.5) is 0 Å². The second-order valence-corrected chi connectivity index (χ2v) is 5.39. The van der Waals surface area contributed by atoms with Gasteiger partial charge in [0.25, 0.3) is 0 Å². The summed E-state index contributed by atoms with van der Waals surface area (Å²) in [4.78, 5) is 0. The van der Waals surface area contributed by atoms with Crippen LogP contribution in [-0.4, -0.2) is 19.0 Å². The molecule has 0 spiro atoms. The van der Waals surface area contributed by atoms with Crippen molar-refractivity contribution in [1.82, 2.24) is 0 Å². The average molecular weight is 263 g/mol. The molecule has 0 amide bonds. The van der Waals surface area contributed by atoms with E-state index in [1.165, 1.54) is 5.57 Å². The van der Waals surface area contributed by atoms with Crippen LogP contribution in [0, 0.1) is 11.3 Å². The summed E-state index contributed by atoms with van der Waals surface area (Å²) in [7, 11) is 0. The Kier molecular flexibility index (Phi) is 6.83. The monoisotopic (exact) mass is 263 g/mol. The van der Waals surface area contributed by atoms with E-state index in [2.05, 4.69) is 19.1 Å². The van der Waals surface area contributed by atoms with E-state index in [0.29, 0.717) is 13.2 Å². The molecule has 0 aliphatic carbocycles. The Bertz CT molecular complexity index is 371. The van der Waals surface area contributed by atoms with Crippen molar-refractivity contribution in [1.29, 1.82) is 5.26 Å². The quantitative estimate of drug-likeness (QED) is 0.512. The molecule has 0 radical (unpaired) electrons. The molecule has 0 aromatic heterocycles. The van der Waals surface area contributed by atoms with Gasteiger partial charge in [0, 0.05) is 12.5 Å². The van der Waals surface area contributed by atoms with Gasteiger partial charge in [-0.15, -0.1) is 0 Å². The third-order valence-electron chi connectivity index (χ3n) is 3.44. The Morgan fingerprint density at radius 1 is 1.21 bits per heavy atom. The zero-order chi connectivity index (χ0) is 14.1. The first-order valence-corrected chi connectivity index (χ1v) is 7.04. The minimum atomic E-state index is -0.372. The number of ether oxygens (including phenoxy) is 2. The lowest BCUT2D eigenvalue weighted by Gasteiger charge is -2.21. The summed E-state index contributed by atoms with van der Waals surface area (Å²) in [6, 6.07) is 2.07. The smallest absolute Gasteiger partial charge is 0.166 e. The molecule has 1 fully saturated rings. The van der Waals surface area contributed by atoms with Crippen molar-refractivity contribution in [3.8, 4) is 6.07 Å². The highest BCUT2D eigenvalue weighted by Crippen LogP contribution is 2.24. The van der Waals surface area contributed by atoms with Gasteiger partial charge in [-0.2, -0.15) is 5.26 Å². The summed E-state index contributed by atoms with van der Waals surface area (Å²) >= 11 is 0. The van der Waals surface area contributed by atoms with Crippen molar-refractivity contribution in [2.75, 3.05) is 13.2 Å². The SMILES string of the molecule is C/C(=C\C#N)CCC/C(C)=C/CCC1(C)OCCO1. The molecule has 1 saturated heterocycles. The van der Waals surface area contributed by atoms with E-state index in [9.17, 15) is 0 Å². The number of hydrogen-bond acceptors (Lipinski definition) is 3. The first-order valence-electron chi connectivity index (χ1n) is 7.04. The Balaban J connectivity index is 2.19. The van der Waals surface area contributed by atoms with Crippen LogP contribution in [0.3, 0.4) is 0 Å². The van der Waals surface area contributed by atoms with Crippen molar-refractivity contribution < 1.29 is 9.47 Å². The van der Waals surface area contributed by atoms with E-state index in [0.717, 1.165) is 37.7 Å². The highest BCUT2D eigenvalue weighted by Gasteiger charge is 2.29. The van der Waals surface area contributed by atoms with Crippen LogP contribution in [0.15, 0.2) is 23.3 Å². The van der Waals surface area contributed by atoms with E-state index in [-0.39, 0.29) is 5.79 Å². The topological polar surface area (TPSA) is 42.2 Å². The van der Waals surface area contributed by atoms with Crippen LogP contribution in [-0.2, 0) is 9.47 Å². The van der Waals surface area contributed by atoms with Gasteiger partial charge in [0.05, 0.1) is 19.3 Å². The standard InChI is InChI=1S/C16H25NO2/c1-14(6-4-7-15(2)9-11-17)8-5-10-16(3)18-12-13-19-16/h8-9H,4-7,10,12-13H2,1-3H3/b14-8+,15-9+. The largest absolute Gasteiger partial charge is 0.348 e. The van der Waals surface area contributed by atoms with Crippen LogP contribution >= 0.6 is 0 Å². The van der Waals surface area contributed by atoms with Gasteiger partial charge in [-0.3, -0.25) is 0 Å². The second kappa shape index (κ2) is 8.14. The fraction of sp³-hybridized carbons (Fsp3) is 0.688. The van der Waals surface area contributed by atoms with E-state index in [1.807, 2.05) is 13.8 Å². The zero-order valence-corrected chi connectivity index (χ0v) is 12.4. The molecule has 1 aliphatic rings. The van der Waals surface area contributed by atoms with Gasteiger partial charge in [0.1, 0.15) is 0 Å². The molecular weight excluding hydrogens is 238 g/mol. The fourth-order valence-electron chi connectivity index (χ4n) is 2.21. The Hall–Kier alpha value is -1.11. The molecule has 3 nitrogen and oxygen atoms in total. The highest BCUT2D eigenvalue weighted by molar-refractivity contribution is 5.11. The number of rotatable bonds is 7. The first kappa shape index (κ1) is 15.9. The van der Waals surface area contributed by atoms with Crippen LogP contribution in [0.5, 0.6) is 0 Å². The molecule has 1 rings (SSSR count). The summed E-state index contributed by atoms with van der Waals surface area (Å²) in [5.41, 5.74) is 2.57. The molecule has 0 unspecified atom stereocenters. The third kappa shape index (κ3) is 6.56. The maximum atomic E-state index is 8.53. The Morgan fingerprint density at radius 2 is 1.84 bits per heavy atom. The van der Waals surface area contributed by atoms with Crippen molar-refractivity contribution in [3.63, 3.8) is 0 Å². The number of hydrogen-bond donors (Lipinski definition) is 0. The fourth-order valence-corrected chi connectivity index (χ4v) is 2.21. The first-order chi connectivity index (χ1) is 9.06. The summed E-state index contributed by atoms with van der Waals surface area (Å²) in [5, 5.41) is 8.53. The molecule has 0 N–H and O–H groups in total. The van der Waals surface area contributed by atoms with Crippen molar-refractivity contribution in [2.45, 2.75) is 58.7 Å². The molecule has 106 valence electrons. The highest BCUT2D eigenvalue weighted by atomic mass is 16.7. The number of nitriles is 1. The van der Waals surface area contributed by atoms with Gasteiger partial charge in [0.2, 0.25) is 0 Å². The molecule has 19 heavy (non-hydrogen) atoms. The number of nitrogens with zero attached hydrogens (tertiary/aromatic N) is 1. The van der Waals surface area contributed by atoms with Gasteiger partial charge in [0.15, 0.2) is 5.79 Å². The second-order valence-electron chi connectivity index (χ2n) is 5.39. The molecule has 1 heterocycles. The van der Waals surface area contributed by atoms with Crippen LogP contribution in [0.2, 0.25) is 0 Å². The van der Waals surface area contributed by atoms with Crippen LogP contribution in [0.25, 0.3) is 0 Å². The van der Waals surface area contributed by atoms with E-state index < -0.39 is 0 Å². The molecular formula is C16H25NO2. The summed E-state index contributed by atoms with van der Waals surface area (Å²) in [6.07, 6.45) is 9.02. The third-order valence-corrected chi connectivity index (χ3v) is 3.44. The van der Waals surface area contributed by atoms with Gasteiger partial charge < -0.3 is 9.47 Å². The van der Waals surface area contributed by atoms with Crippen molar-refractivity contribution in [3.05, 3.63) is 23.3 Å². The maximum Gasteiger partial charge on any atom is 0.166 e. The van der Waals surface area contributed by atoms with Crippen molar-refractivity contribution >= 4 is 0 Å². The number of allylic oxidation sites excluding steroid dienone is 4. The molecule has 0 bridgehead atoms. The Labute approximate surface area is 116 Å². The van der Waals surface area contributed by atoms with Gasteiger partial charge >= 0.3 is 0 Å². The molecule has 0 aromatic rings. The minimum Gasteiger partial charge on any atom is -0.348 e. The van der Waals surface area contributed by atoms with Crippen LogP contribution < -0.4 is 0 Å². The molecule has 3 heteroatoms. The molecule has 0 atom stereocenters. The lowest BCUT2D eigenvalue weighted by molar-refractivity contribution is -0.145. The normalized spacial score (nSPS) is 19.5. The maximum absolute atomic E-state index is 8.53. The van der Waals surface area contributed by atoms with E-state index >= 15 is 0 Å². The molecule has 0 aromatic carbocycles.